The molecule has 0 saturated carbocycles. The SMILES string of the molecule is COC(OC(=O)[C@H]1SCCN1S(=O)(=O)c1cccc(C(=O)N(C)C)c1)(c1ccccc1)C(F)(F)c1cccc[n+]1[O-]. The number of hydrogen-bond acceptors (Lipinski definition) is 8. The summed E-state index contributed by atoms with van der Waals surface area (Å²) < 4.78 is 71.2. The number of ether oxygens (including phenoxy) is 2. The van der Waals surface area contributed by atoms with Crippen molar-refractivity contribution in [3.8, 4) is 0 Å². The van der Waals surface area contributed by atoms with Gasteiger partial charge in [0.2, 0.25) is 10.0 Å². The molecule has 10 nitrogen and oxygen atoms in total. The van der Waals surface area contributed by atoms with E-state index in [1.165, 1.54) is 79.7 Å². The van der Waals surface area contributed by atoms with Crippen LogP contribution in [0.5, 0.6) is 0 Å². The van der Waals surface area contributed by atoms with Crippen molar-refractivity contribution in [3.05, 3.63) is 101 Å². The molecule has 1 aliphatic heterocycles. The third-order valence-corrected chi connectivity index (χ3v) is 9.56. The predicted molar refractivity (Wildman–Crippen MR) is 145 cm³/mol. The molecule has 1 aromatic heterocycles. The molecular weight excluding hydrogens is 580 g/mol. The summed E-state index contributed by atoms with van der Waals surface area (Å²) in [6.45, 7) is -0.125. The highest BCUT2D eigenvalue weighted by Crippen LogP contribution is 2.48. The first-order valence-electron chi connectivity index (χ1n) is 12.2. The highest BCUT2D eigenvalue weighted by molar-refractivity contribution is 8.02. The molecule has 0 spiro atoms. The van der Waals surface area contributed by atoms with Gasteiger partial charge < -0.3 is 19.6 Å². The zero-order chi connectivity index (χ0) is 30.0. The minimum Gasteiger partial charge on any atom is -0.618 e. The lowest BCUT2D eigenvalue weighted by molar-refractivity contribution is -0.630. The number of sulfonamides is 1. The van der Waals surface area contributed by atoms with Gasteiger partial charge in [0.25, 0.3) is 11.6 Å². The molecule has 1 unspecified atom stereocenters. The van der Waals surface area contributed by atoms with Gasteiger partial charge in [0.05, 0.1) is 4.90 Å². The number of carbonyl (C=O) groups excluding carboxylic acids is 2. The molecule has 14 heteroatoms. The molecule has 3 aromatic rings. The Morgan fingerprint density at radius 2 is 1.76 bits per heavy atom. The lowest BCUT2D eigenvalue weighted by atomic mass is 9.95. The number of pyridine rings is 1. The lowest BCUT2D eigenvalue weighted by Crippen LogP contribution is -2.55. The van der Waals surface area contributed by atoms with Crippen molar-refractivity contribution in [3.63, 3.8) is 0 Å². The van der Waals surface area contributed by atoms with Gasteiger partial charge >= 0.3 is 17.7 Å². The number of esters is 1. The summed E-state index contributed by atoms with van der Waals surface area (Å²) in [5, 5.41) is 10.8. The molecular formula is C27H27F2N3O7S2. The van der Waals surface area contributed by atoms with E-state index >= 15 is 8.78 Å². The number of methoxy groups -OCH3 is 1. The minimum absolute atomic E-state index is 0.0619. The summed E-state index contributed by atoms with van der Waals surface area (Å²) in [7, 11) is -0.449. The van der Waals surface area contributed by atoms with E-state index in [0.717, 1.165) is 35.4 Å². The fraction of sp³-hybridized carbons (Fsp3) is 0.296. The van der Waals surface area contributed by atoms with Gasteiger partial charge in [-0.25, -0.2) is 13.2 Å². The molecule has 1 aliphatic rings. The van der Waals surface area contributed by atoms with Crippen LogP contribution in [0.15, 0.2) is 83.9 Å². The van der Waals surface area contributed by atoms with Crippen molar-refractivity contribution in [2.75, 3.05) is 33.5 Å². The Hall–Kier alpha value is -3.59. The van der Waals surface area contributed by atoms with Gasteiger partial charge in [-0.3, -0.25) is 4.79 Å². The molecule has 1 fully saturated rings. The standard InChI is InChI=1S/C27H27F2N3O7S2/c1-30(2)23(33)19-10-9-13-21(18-19)41(36,37)32-16-17-40-24(32)25(34)39-27(38-3,20-11-5-4-6-12-20)26(28,29)22-14-7-8-15-31(22)35/h4-15,18,24H,16-17H2,1-3H3/t24-,27?/m1/s1. The van der Waals surface area contributed by atoms with E-state index in [0.29, 0.717) is 0 Å². The maximum atomic E-state index is 16.3. The predicted octanol–water partition coefficient (Wildman–Crippen LogP) is 2.92. The molecule has 4 rings (SSSR count). The zero-order valence-corrected chi connectivity index (χ0v) is 23.9. The Morgan fingerprint density at radius 3 is 2.39 bits per heavy atom. The number of alkyl halides is 2. The van der Waals surface area contributed by atoms with Gasteiger partial charge in [-0.05, 0) is 24.3 Å². The summed E-state index contributed by atoms with van der Waals surface area (Å²) in [5.74, 6) is -8.95. The third kappa shape index (κ3) is 5.52. The first kappa shape index (κ1) is 30.4. The van der Waals surface area contributed by atoms with Crippen molar-refractivity contribution in [1.29, 1.82) is 0 Å². The third-order valence-electron chi connectivity index (χ3n) is 6.39. The molecule has 0 N–H and O–H groups in total. The minimum atomic E-state index is -4.38. The fourth-order valence-electron chi connectivity index (χ4n) is 4.35. The average molecular weight is 608 g/mol. The molecule has 1 saturated heterocycles. The molecule has 0 radical (unpaired) electrons. The van der Waals surface area contributed by atoms with Crippen LogP contribution in [0.1, 0.15) is 21.6 Å². The number of nitrogens with zero attached hydrogens (tertiary/aromatic N) is 3. The maximum Gasteiger partial charge on any atom is 0.399 e. The second-order valence-corrected chi connectivity index (χ2v) is 12.2. The molecule has 1 amide bonds. The summed E-state index contributed by atoms with van der Waals surface area (Å²) in [6.07, 6.45) is 0.868. The lowest BCUT2D eigenvalue weighted by Gasteiger charge is -2.38. The van der Waals surface area contributed by atoms with E-state index in [-0.39, 0.29) is 33.1 Å². The van der Waals surface area contributed by atoms with Crippen LogP contribution in [-0.2, 0) is 36.0 Å². The summed E-state index contributed by atoms with van der Waals surface area (Å²) in [6, 6.07) is 15.5. The van der Waals surface area contributed by atoms with E-state index in [9.17, 15) is 23.2 Å². The second-order valence-electron chi connectivity index (χ2n) is 9.16. The Labute approximate surface area is 240 Å². The van der Waals surface area contributed by atoms with Gasteiger partial charge in [0, 0.05) is 56.8 Å². The highest BCUT2D eigenvalue weighted by atomic mass is 32.2. The monoisotopic (exact) mass is 607 g/mol. The quantitative estimate of drug-likeness (QED) is 0.158. The largest absolute Gasteiger partial charge is 0.618 e. The first-order chi connectivity index (χ1) is 19.4. The van der Waals surface area contributed by atoms with Crippen molar-refractivity contribution in [1.82, 2.24) is 9.21 Å². The average Bonchev–Trinajstić information content (AvgIpc) is 3.47. The second kappa shape index (κ2) is 11.7. The zero-order valence-electron chi connectivity index (χ0n) is 22.3. The van der Waals surface area contributed by atoms with Gasteiger partial charge in [-0.15, -0.1) is 11.8 Å². The number of rotatable bonds is 9. The van der Waals surface area contributed by atoms with Gasteiger partial charge in [0.15, 0.2) is 11.6 Å². The van der Waals surface area contributed by atoms with Crippen molar-refractivity contribution in [2.24, 2.45) is 0 Å². The summed E-state index contributed by atoms with van der Waals surface area (Å²) in [5.41, 5.74) is -1.22. The van der Waals surface area contributed by atoms with Crippen LogP contribution in [0.3, 0.4) is 0 Å². The van der Waals surface area contributed by atoms with Crippen LogP contribution in [-0.4, -0.2) is 68.4 Å². The molecule has 0 aliphatic carbocycles. The molecule has 2 aromatic carbocycles. The number of aromatic nitrogens is 1. The maximum absolute atomic E-state index is 16.3. The van der Waals surface area contributed by atoms with Crippen LogP contribution in [0, 0.1) is 5.21 Å². The van der Waals surface area contributed by atoms with E-state index in [1.54, 1.807) is 6.07 Å². The van der Waals surface area contributed by atoms with E-state index in [1.807, 2.05) is 0 Å². The van der Waals surface area contributed by atoms with E-state index in [2.05, 4.69) is 0 Å². The molecule has 41 heavy (non-hydrogen) atoms. The Kier molecular flexibility index (Phi) is 8.68. The number of benzene rings is 2. The van der Waals surface area contributed by atoms with Crippen LogP contribution in [0.2, 0.25) is 0 Å². The molecule has 0 bridgehead atoms. The van der Waals surface area contributed by atoms with Crippen molar-refractivity contribution in [2.45, 2.75) is 22.0 Å². The fourth-order valence-corrected chi connectivity index (χ4v) is 7.44. The van der Waals surface area contributed by atoms with Crippen LogP contribution < -0.4 is 4.73 Å². The molecule has 2 atom stereocenters. The van der Waals surface area contributed by atoms with E-state index < -0.39 is 44.7 Å². The number of hydrogen-bond donors (Lipinski definition) is 0. The van der Waals surface area contributed by atoms with Crippen LogP contribution >= 0.6 is 11.8 Å². The van der Waals surface area contributed by atoms with Crippen LogP contribution in [0.4, 0.5) is 8.78 Å². The van der Waals surface area contributed by atoms with Gasteiger partial charge in [-0.2, -0.15) is 17.8 Å². The number of halogens is 2. The topological polar surface area (TPSA) is 120 Å². The van der Waals surface area contributed by atoms with Crippen LogP contribution in [0.25, 0.3) is 0 Å². The first-order valence-corrected chi connectivity index (χ1v) is 14.7. The smallest absolute Gasteiger partial charge is 0.399 e. The number of thioether (sulfide) groups is 1. The number of carbonyl (C=O) groups is 2. The van der Waals surface area contributed by atoms with Crippen molar-refractivity contribution < 1.29 is 41.0 Å². The highest BCUT2D eigenvalue weighted by Gasteiger charge is 2.65. The summed E-state index contributed by atoms with van der Waals surface area (Å²) in [4.78, 5) is 27.0. The molecule has 218 valence electrons. The Balaban J connectivity index is 1.74. The van der Waals surface area contributed by atoms with Gasteiger partial charge in [-0.1, -0.05) is 36.4 Å². The normalized spacial score (nSPS) is 17.5. The Morgan fingerprint density at radius 1 is 1.07 bits per heavy atom. The summed E-state index contributed by atoms with van der Waals surface area (Å²) >= 11 is 0.881. The Bertz CT molecular complexity index is 1540. The number of amides is 1. The van der Waals surface area contributed by atoms with Crippen molar-refractivity contribution >= 4 is 33.7 Å². The van der Waals surface area contributed by atoms with E-state index in [4.69, 9.17) is 9.47 Å². The molecule has 2 heterocycles. The van der Waals surface area contributed by atoms with Gasteiger partial charge in [0.1, 0.15) is 0 Å².